The van der Waals surface area contributed by atoms with Crippen LogP contribution in [0.5, 0.6) is 5.75 Å². The first-order valence-electron chi connectivity index (χ1n) is 7.88. The molecule has 0 saturated carbocycles. The van der Waals surface area contributed by atoms with Crippen molar-refractivity contribution in [2.45, 2.75) is 0 Å². The zero-order valence-corrected chi connectivity index (χ0v) is 14.3. The zero-order chi connectivity index (χ0) is 17.3. The third-order valence-electron chi connectivity index (χ3n) is 3.38. The van der Waals surface area contributed by atoms with Gasteiger partial charge in [0.2, 0.25) is 0 Å². The van der Waals surface area contributed by atoms with Crippen LogP contribution in [0.25, 0.3) is 0 Å². The fourth-order valence-electron chi connectivity index (χ4n) is 2.16. The van der Waals surface area contributed by atoms with Crippen molar-refractivity contribution in [3.8, 4) is 17.6 Å². The van der Waals surface area contributed by atoms with Gasteiger partial charge in [0.15, 0.2) is 0 Å². The SMILES string of the molecule is Clc1ccc(C(C#CCOc2ccccc2)=Nc2ccccc2)cc1. The van der Waals surface area contributed by atoms with Gasteiger partial charge < -0.3 is 4.74 Å². The lowest BCUT2D eigenvalue weighted by molar-refractivity contribution is 0.370. The molecule has 0 N–H and O–H groups in total. The molecule has 3 aromatic carbocycles. The summed E-state index contributed by atoms with van der Waals surface area (Å²) in [6, 6.07) is 26.8. The third-order valence-corrected chi connectivity index (χ3v) is 3.63. The Morgan fingerprint density at radius 2 is 1.48 bits per heavy atom. The van der Waals surface area contributed by atoms with Crippen LogP contribution >= 0.6 is 11.6 Å². The van der Waals surface area contributed by atoms with Crippen LogP contribution in [0.4, 0.5) is 5.69 Å². The number of aliphatic imine (C=N–C) groups is 1. The minimum Gasteiger partial charge on any atom is -0.481 e. The first-order chi connectivity index (χ1) is 12.3. The average molecular weight is 346 g/mol. The van der Waals surface area contributed by atoms with Crippen molar-refractivity contribution >= 4 is 23.0 Å². The highest BCUT2D eigenvalue weighted by Gasteiger charge is 2.01. The summed E-state index contributed by atoms with van der Waals surface area (Å²) in [4.78, 5) is 4.65. The Morgan fingerprint density at radius 1 is 0.840 bits per heavy atom. The number of hydrogen-bond acceptors (Lipinski definition) is 2. The van der Waals surface area contributed by atoms with E-state index < -0.39 is 0 Å². The van der Waals surface area contributed by atoms with Crippen LogP contribution < -0.4 is 4.74 Å². The van der Waals surface area contributed by atoms with Gasteiger partial charge in [0.25, 0.3) is 0 Å². The van der Waals surface area contributed by atoms with E-state index in [0.29, 0.717) is 17.3 Å². The van der Waals surface area contributed by atoms with Crippen LogP contribution in [0.1, 0.15) is 5.56 Å². The van der Waals surface area contributed by atoms with Gasteiger partial charge >= 0.3 is 0 Å². The van der Waals surface area contributed by atoms with Crippen LogP contribution in [-0.4, -0.2) is 12.3 Å². The summed E-state index contributed by atoms with van der Waals surface area (Å²) in [5.41, 5.74) is 2.45. The molecule has 0 aliphatic heterocycles. The Balaban J connectivity index is 1.81. The molecule has 0 radical (unpaired) electrons. The van der Waals surface area contributed by atoms with Gasteiger partial charge in [0.05, 0.1) is 5.69 Å². The van der Waals surface area contributed by atoms with Gasteiger partial charge in [-0.3, -0.25) is 0 Å². The van der Waals surface area contributed by atoms with E-state index in [2.05, 4.69) is 16.8 Å². The highest BCUT2D eigenvalue weighted by molar-refractivity contribution is 6.30. The van der Waals surface area contributed by atoms with Crippen molar-refractivity contribution in [3.05, 3.63) is 95.5 Å². The van der Waals surface area contributed by atoms with Gasteiger partial charge in [-0.15, -0.1) is 0 Å². The maximum atomic E-state index is 5.98. The van der Waals surface area contributed by atoms with E-state index >= 15 is 0 Å². The molecule has 3 rings (SSSR count). The number of ether oxygens (including phenoxy) is 1. The maximum Gasteiger partial charge on any atom is 0.149 e. The fraction of sp³-hybridized carbons (Fsp3) is 0.0455. The topological polar surface area (TPSA) is 21.6 Å². The molecule has 3 heteroatoms. The molecule has 3 aromatic rings. The van der Waals surface area contributed by atoms with Gasteiger partial charge in [0, 0.05) is 10.6 Å². The number of benzene rings is 3. The molecule has 0 aromatic heterocycles. The van der Waals surface area contributed by atoms with Crippen molar-refractivity contribution in [1.82, 2.24) is 0 Å². The number of rotatable bonds is 4. The smallest absolute Gasteiger partial charge is 0.149 e. The lowest BCUT2D eigenvalue weighted by Crippen LogP contribution is -1.99. The Hall–Kier alpha value is -3.02. The molecular weight excluding hydrogens is 330 g/mol. The molecule has 0 fully saturated rings. The quantitative estimate of drug-likeness (QED) is 0.449. The summed E-state index contributed by atoms with van der Waals surface area (Å²) in [6.45, 7) is 0.297. The van der Waals surface area contributed by atoms with Crippen molar-refractivity contribution in [3.63, 3.8) is 0 Å². The zero-order valence-electron chi connectivity index (χ0n) is 13.5. The standard InChI is InChI=1S/C22H16ClNO/c23-19-15-13-18(14-16-19)22(24-20-8-3-1-4-9-20)12-7-17-25-21-10-5-2-6-11-21/h1-6,8-11,13-16H,17H2. The lowest BCUT2D eigenvalue weighted by Gasteiger charge is -2.02. The molecule has 0 aliphatic rings. The van der Waals surface area contributed by atoms with E-state index in [9.17, 15) is 0 Å². The average Bonchev–Trinajstić information content (AvgIpc) is 2.67. The summed E-state index contributed by atoms with van der Waals surface area (Å²) < 4.78 is 5.61. The van der Waals surface area contributed by atoms with Crippen molar-refractivity contribution < 1.29 is 4.74 Å². The van der Waals surface area contributed by atoms with Crippen LogP contribution in [0.3, 0.4) is 0 Å². The Labute approximate surface area is 152 Å². The molecule has 0 amide bonds. The van der Waals surface area contributed by atoms with Crippen LogP contribution in [0.15, 0.2) is 89.9 Å². The number of para-hydroxylation sites is 2. The highest BCUT2D eigenvalue weighted by Crippen LogP contribution is 2.15. The minimum atomic E-state index is 0.297. The van der Waals surface area contributed by atoms with Crippen LogP contribution in [0, 0.1) is 11.8 Å². The molecule has 0 unspecified atom stereocenters. The molecule has 0 heterocycles. The highest BCUT2D eigenvalue weighted by atomic mass is 35.5. The van der Waals surface area contributed by atoms with Gasteiger partial charge in [0.1, 0.15) is 18.1 Å². The van der Waals surface area contributed by atoms with E-state index in [1.54, 1.807) is 0 Å². The Bertz CT molecular complexity index is 892. The van der Waals surface area contributed by atoms with Crippen LogP contribution in [-0.2, 0) is 0 Å². The number of hydrogen-bond donors (Lipinski definition) is 0. The van der Waals surface area contributed by atoms with Crippen molar-refractivity contribution in [2.24, 2.45) is 4.99 Å². The largest absolute Gasteiger partial charge is 0.481 e. The van der Waals surface area contributed by atoms with Gasteiger partial charge in [-0.2, -0.15) is 0 Å². The second-order valence-corrected chi connectivity index (χ2v) is 5.64. The normalized spacial score (nSPS) is 10.7. The summed E-state index contributed by atoms with van der Waals surface area (Å²) in [7, 11) is 0. The second kappa shape index (κ2) is 8.73. The molecule has 0 spiro atoms. The molecule has 0 bridgehead atoms. The second-order valence-electron chi connectivity index (χ2n) is 5.21. The summed E-state index contributed by atoms with van der Waals surface area (Å²) >= 11 is 5.98. The first kappa shape index (κ1) is 16.8. The summed E-state index contributed by atoms with van der Waals surface area (Å²) in [6.07, 6.45) is 0. The fourth-order valence-corrected chi connectivity index (χ4v) is 2.29. The van der Waals surface area contributed by atoms with E-state index in [-0.39, 0.29) is 0 Å². The van der Waals surface area contributed by atoms with Crippen molar-refractivity contribution in [1.29, 1.82) is 0 Å². The molecule has 122 valence electrons. The molecule has 25 heavy (non-hydrogen) atoms. The molecule has 0 saturated heterocycles. The summed E-state index contributed by atoms with van der Waals surface area (Å²) in [5.74, 6) is 6.93. The van der Waals surface area contributed by atoms with Gasteiger partial charge in [-0.25, -0.2) is 4.99 Å². The van der Waals surface area contributed by atoms with E-state index in [1.807, 2.05) is 84.9 Å². The molecule has 0 aliphatic carbocycles. The summed E-state index contributed by atoms with van der Waals surface area (Å²) in [5, 5.41) is 0.684. The number of nitrogens with zero attached hydrogens (tertiary/aromatic N) is 1. The molecule has 2 nitrogen and oxygen atoms in total. The Morgan fingerprint density at radius 3 is 2.16 bits per heavy atom. The van der Waals surface area contributed by atoms with Gasteiger partial charge in [-0.05, 0) is 42.3 Å². The first-order valence-corrected chi connectivity index (χ1v) is 8.25. The monoisotopic (exact) mass is 345 g/mol. The molecular formula is C22H16ClNO. The molecule has 0 atom stereocenters. The van der Waals surface area contributed by atoms with Gasteiger partial charge in [-0.1, -0.05) is 66.1 Å². The maximum absolute atomic E-state index is 5.98. The van der Waals surface area contributed by atoms with E-state index in [0.717, 1.165) is 17.0 Å². The van der Waals surface area contributed by atoms with Crippen LogP contribution in [0.2, 0.25) is 5.02 Å². The third kappa shape index (κ3) is 5.24. The van der Waals surface area contributed by atoms with Crippen molar-refractivity contribution in [2.75, 3.05) is 6.61 Å². The predicted molar refractivity (Wildman–Crippen MR) is 104 cm³/mol. The lowest BCUT2D eigenvalue weighted by atomic mass is 10.1. The van der Waals surface area contributed by atoms with E-state index in [1.165, 1.54) is 0 Å². The minimum absolute atomic E-state index is 0.297. The predicted octanol–water partition coefficient (Wildman–Crippen LogP) is 5.54. The van der Waals surface area contributed by atoms with E-state index in [4.69, 9.17) is 16.3 Å². The number of halogens is 1. The Kier molecular flexibility index (Phi) is 5.87.